The van der Waals surface area contributed by atoms with E-state index in [0.29, 0.717) is 13.2 Å². The molecule has 4 heteroatoms. The Kier molecular flexibility index (Phi) is 5.91. The van der Waals surface area contributed by atoms with Gasteiger partial charge in [0.2, 0.25) is 0 Å². The van der Waals surface area contributed by atoms with Crippen molar-refractivity contribution >= 4 is 0 Å². The minimum absolute atomic E-state index is 0.287. The van der Waals surface area contributed by atoms with E-state index < -0.39 is 0 Å². The predicted molar refractivity (Wildman–Crippen MR) is 82.9 cm³/mol. The maximum absolute atomic E-state index is 9.21. The number of rotatable bonds is 8. The molecule has 4 nitrogen and oxygen atoms in total. The Morgan fingerprint density at radius 2 is 1.62 bits per heavy atom. The lowest BCUT2D eigenvalue weighted by molar-refractivity contribution is 0.275. The number of aromatic hydroxyl groups is 1. The van der Waals surface area contributed by atoms with Crippen LogP contribution in [0.2, 0.25) is 0 Å². The highest BCUT2D eigenvalue weighted by Gasteiger charge is 2.02. The molecule has 2 aromatic carbocycles. The van der Waals surface area contributed by atoms with Crippen molar-refractivity contribution in [2.24, 2.45) is 0 Å². The molecule has 0 bridgehead atoms. The highest BCUT2D eigenvalue weighted by atomic mass is 16.5. The first-order valence-corrected chi connectivity index (χ1v) is 7.13. The van der Waals surface area contributed by atoms with Crippen LogP contribution in [0.25, 0.3) is 0 Å². The maximum atomic E-state index is 9.21. The minimum Gasteiger partial charge on any atom is -0.508 e. The molecule has 0 aliphatic rings. The summed E-state index contributed by atoms with van der Waals surface area (Å²) in [6, 6.07) is 14.8. The molecule has 21 heavy (non-hydrogen) atoms. The lowest BCUT2D eigenvalue weighted by atomic mass is 10.2. The summed E-state index contributed by atoms with van der Waals surface area (Å²) in [5.74, 6) is 1.83. The fourth-order valence-electron chi connectivity index (χ4n) is 1.92. The van der Waals surface area contributed by atoms with E-state index in [1.54, 1.807) is 12.1 Å². The van der Waals surface area contributed by atoms with Crippen molar-refractivity contribution in [3.63, 3.8) is 0 Å². The van der Waals surface area contributed by atoms with Crippen molar-refractivity contribution in [3.05, 3.63) is 54.1 Å². The molecule has 0 saturated heterocycles. The van der Waals surface area contributed by atoms with Crippen LogP contribution >= 0.6 is 0 Å². The van der Waals surface area contributed by atoms with Gasteiger partial charge in [0, 0.05) is 13.1 Å². The lowest BCUT2D eigenvalue weighted by Gasteiger charge is -2.12. The van der Waals surface area contributed by atoms with Crippen molar-refractivity contribution in [2.75, 3.05) is 19.8 Å². The largest absolute Gasteiger partial charge is 0.508 e. The second-order valence-electron chi connectivity index (χ2n) is 4.57. The zero-order chi connectivity index (χ0) is 14.9. The van der Waals surface area contributed by atoms with Crippen LogP contribution in [0.4, 0.5) is 0 Å². The van der Waals surface area contributed by atoms with Crippen molar-refractivity contribution in [3.8, 4) is 17.2 Å². The van der Waals surface area contributed by atoms with Gasteiger partial charge in [-0.3, -0.25) is 0 Å². The van der Waals surface area contributed by atoms with Gasteiger partial charge in [-0.15, -0.1) is 0 Å². The topological polar surface area (TPSA) is 50.7 Å². The number of nitrogens with one attached hydrogen (secondary N) is 1. The van der Waals surface area contributed by atoms with Gasteiger partial charge >= 0.3 is 0 Å². The number of para-hydroxylation sites is 2. The van der Waals surface area contributed by atoms with Gasteiger partial charge in [0.1, 0.15) is 12.4 Å². The van der Waals surface area contributed by atoms with Crippen LogP contribution in [-0.4, -0.2) is 24.9 Å². The van der Waals surface area contributed by atoms with E-state index in [9.17, 15) is 5.11 Å². The molecule has 0 amide bonds. The summed E-state index contributed by atoms with van der Waals surface area (Å²) in [6.45, 7) is 4.63. The molecule has 2 aromatic rings. The number of hydrogen-bond acceptors (Lipinski definition) is 4. The molecular formula is C17H21NO3. The number of hydrogen-bond donors (Lipinski definition) is 2. The molecular weight excluding hydrogens is 266 g/mol. The fourth-order valence-corrected chi connectivity index (χ4v) is 1.92. The third-order valence-corrected chi connectivity index (χ3v) is 2.95. The first-order valence-electron chi connectivity index (χ1n) is 7.13. The van der Waals surface area contributed by atoms with Crippen LogP contribution < -0.4 is 14.8 Å². The summed E-state index contributed by atoms with van der Waals surface area (Å²) in [4.78, 5) is 0. The van der Waals surface area contributed by atoms with Crippen molar-refractivity contribution in [2.45, 2.75) is 13.5 Å². The molecule has 0 radical (unpaired) electrons. The SMILES string of the molecule is CCOc1ccccc1OCCNCc1ccc(O)cc1. The van der Waals surface area contributed by atoms with Crippen LogP contribution in [0.1, 0.15) is 12.5 Å². The minimum atomic E-state index is 0.287. The Bertz CT molecular complexity index is 540. The van der Waals surface area contributed by atoms with Crippen molar-refractivity contribution in [1.29, 1.82) is 0 Å². The Hall–Kier alpha value is -2.20. The molecule has 0 atom stereocenters. The highest BCUT2D eigenvalue weighted by Crippen LogP contribution is 2.26. The molecule has 0 aliphatic carbocycles. The van der Waals surface area contributed by atoms with E-state index >= 15 is 0 Å². The Morgan fingerprint density at radius 3 is 2.29 bits per heavy atom. The van der Waals surface area contributed by atoms with Crippen LogP contribution in [0.3, 0.4) is 0 Å². The number of phenolic OH excluding ortho intramolecular Hbond substituents is 1. The average molecular weight is 287 g/mol. The maximum Gasteiger partial charge on any atom is 0.161 e. The predicted octanol–water partition coefficient (Wildman–Crippen LogP) is 2.96. The third kappa shape index (κ3) is 5.00. The third-order valence-electron chi connectivity index (χ3n) is 2.95. The zero-order valence-electron chi connectivity index (χ0n) is 12.2. The van der Waals surface area contributed by atoms with E-state index in [4.69, 9.17) is 9.47 Å². The normalized spacial score (nSPS) is 10.3. The molecule has 0 saturated carbocycles. The molecule has 112 valence electrons. The monoisotopic (exact) mass is 287 g/mol. The molecule has 0 fully saturated rings. The number of phenols is 1. The molecule has 2 N–H and O–H groups in total. The molecule has 0 aromatic heterocycles. The Balaban J connectivity index is 1.71. The average Bonchev–Trinajstić information content (AvgIpc) is 2.51. The van der Waals surface area contributed by atoms with Crippen molar-refractivity contribution < 1.29 is 14.6 Å². The number of ether oxygens (including phenoxy) is 2. The summed E-state index contributed by atoms with van der Waals surface area (Å²) in [5, 5.41) is 12.5. The van der Waals surface area contributed by atoms with Gasteiger partial charge in [0.15, 0.2) is 11.5 Å². The van der Waals surface area contributed by atoms with Crippen LogP contribution in [-0.2, 0) is 6.54 Å². The first kappa shape index (κ1) is 15.2. The van der Waals surface area contributed by atoms with Gasteiger partial charge in [-0.25, -0.2) is 0 Å². The number of benzene rings is 2. The van der Waals surface area contributed by atoms with Crippen molar-refractivity contribution in [1.82, 2.24) is 5.32 Å². The van der Waals surface area contributed by atoms with E-state index in [-0.39, 0.29) is 5.75 Å². The highest BCUT2D eigenvalue weighted by molar-refractivity contribution is 5.39. The van der Waals surface area contributed by atoms with E-state index in [1.165, 1.54) is 0 Å². The van der Waals surface area contributed by atoms with Gasteiger partial charge in [0.25, 0.3) is 0 Å². The summed E-state index contributed by atoms with van der Waals surface area (Å²) < 4.78 is 11.2. The quantitative estimate of drug-likeness (QED) is 0.733. The molecule has 0 heterocycles. The zero-order valence-corrected chi connectivity index (χ0v) is 12.2. The fraction of sp³-hybridized carbons (Fsp3) is 0.294. The van der Waals surface area contributed by atoms with Crippen LogP contribution in [0.5, 0.6) is 17.2 Å². The van der Waals surface area contributed by atoms with Gasteiger partial charge in [-0.1, -0.05) is 24.3 Å². The van der Waals surface area contributed by atoms with Gasteiger partial charge < -0.3 is 19.9 Å². The molecule has 0 unspecified atom stereocenters. The van der Waals surface area contributed by atoms with Crippen LogP contribution in [0.15, 0.2) is 48.5 Å². The summed E-state index contributed by atoms with van der Waals surface area (Å²) in [6.07, 6.45) is 0. The molecule has 2 rings (SSSR count). The molecule has 0 aliphatic heterocycles. The summed E-state index contributed by atoms with van der Waals surface area (Å²) in [7, 11) is 0. The van der Waals surface area contributed by atoms with Gasteiger partial charge in [-0.05, 0) is 36.8 Å². The Morgan fingerprint density at radius 1 is 0.952 bits per heavy atom. The first-order chi connectivity index (χ1) is 10.3. The van der Waals surface area contributed by atoms with E-state index in [2.05, 4.69) is 5.32 Å². The van der Waals surface area contributed by atoms with Gasteiger partial charge in [-0.2, -0.15) is 0 Å². The lowest BCUT2D eigenvalue weighted by Crippen LogP contribution is -2.20. The second kappa shape index (κ2) is 8.17. The standard InChI is InChI=1S/C17H21NO3/c1-2-20-16-5-3-4-6-17(16)21-12-11-18-13-14-7-9-15(19)10-8-14/h3-10,18-19H,2,11-13H2,1H3. The summed E-state index contributed by atoms with van der Waals surface area (Å²) >= 11 is 0. The smallest absolute Gasteiger partial charge is 0.161 e. The van der Waals surface area contributed by atoms with E-state index in [0.717, 1.165) is 30.2 Å². The van der Waals surface area contributed by atoms with Crippen LogP contribution in [0, 0.1) is 0 Å². The Labute approximate surface area is 125 Å². The molecule has 0 spiro atoms. The van der Waals surface area contributed by atoms with Gasteiger partial charge in [0.05, 0.1) is 6.61 Å². The second-order valence-corrected chi connectivity index (χ2v) is 4.57. The summed E-state index contributed by atoms with van der Waals surface area (Å²) in [5.41, 5.74) is 1.13. The van der Waals surface area contributed by atoms with E-state index in [1.807, 2.05) is 43.3 Å².